The van der Waals surface area contributed by atoms with Gasteiger partial charge in [0.05, 0.1) is 0 Å². The summed E-state index contributed by atoms with van der Waals surface area (Å²) in [7, 11) is 0. The molecule has 10 heavy (non-hydrogen) atoms. The maximum atomic E-state index is 5.82. The van der Waals surface area contributed by atoms with Crippen molar-refractivity contribution in [3.05, 3.63) is 23.0 Å². The number of hydrogen-bond donors (Lipinski definition) is 1. The summed E-state index contributed by atoms with van der Waals surface area (Å²) in [5, 5.41) is 0.799. The number of H-pyrrole nitrogens is 1. The molecule has 1 N–H and O–H groups in total. The quantitative estimate of drug-likeness (QED) is 0.695. The number of aromatic amines is 1. The first kappa shape index (κ1) is 7.67. The fourth-order valence-electron chi connectivity index (χ4n) is 0.942. The van der Waals surface area contributed by atoms with Crippen LogP contribution in [0.25, 0.3) is 0 Å². The predicted molar refractivity (Wildman–Crippen MR) is 44.4 cm³/mol. The largest absolute Gasteiger partial charge is 0.352 e. The van der Waals surface area contributed by atoms with Gasteiger partial charge in [0.25, 0.3) is 0 Å². The van der Waals surface area contributed by atoms with Crippen molar-refractivity contribution in [2.75, 3.05) is 0 Å². The molecule has 0 atom stereocenters. The highest BCUT2D eigenvalue weighted by atomic mass is 35.5. The van der Waals surface area contributed by atoms with E-state index in [-0.39, 0.29) is 0 Å². The monoisotopic (exact) mass is 157 g/mol. The summed E-state index contributed by atoms with van der Waals surface area (Å²) in [6.07, 6.45) is 5.42. The van der Waals surface area contributed by atoms with Crippen LogP contribution in [0.4, 0.5) is 0 Å². The van der Waals surface area contributed by atoms with Gasteiger partial charge in [-0.2, -0.15) is 0 Å². The zero-order valence-corrected chi connectivity index (χ0v) is 6.91. The van der Waals surface area contributed by atoms with E-state index in [0.717, 1.165) is 11.6 Å². The smallest absolute Gasteiger partial charge is 0.109 e. The molecule has 1 aromatic heterocycles. The Bertz CT molecular complexity index is 193. The first-order valence-corrected chi connectivity index (χ1v) is 4.04. The Labute approximate surface area is 66.4 Å². The lowest BCUT2D eigenvalue weighted by Crippen LogP contribution is -1.80. The minimum absolute atomic E-state index is 0.799. The molecule has 56 valence electrons. The zero-order chi connectivity index (χ0) is 7.40. The van der Waals surface area contributed by atoms with E-state index >= 15 is 0 Å². The molecule has 0 radical (unpaired) electrons. The average molecular weight is 158 g/mol. The summed E-state index contributed by atoms with van der Waals surface area (Å²) >= 11 is 5.82. The van der Waals surface area contributed by atoms with Gasteiger partial charge in [-0.3, -0.25) is 0 Å². The van der Waals surface area contributed by atoms with E-state index < -0.39 is 0 Å². The van der Waals surface area contributed by atoms with Crippen molar-refractivity contribution < 1.29 is 0 Å². The second-order valence-corrected chi connectivity index (χ2v) is 2.80. The van der Waals surface area contributed by atoms with Crippen LogP contribution in [-0.2, 0) is 6.42 Å². The third-order valence-corrected chi connectivity index (χ3v) is 1.93. The standard InChI is InChI=1S/C8H12ClN/c1-2-3-4-7-5-6-10-8(7)9/h5-6,10H,2-4H2,1H3. The summed E-state index contributed by atoms with van der Waals surface area (Å²) < 4.78 is 0. The van der Waals surface area contributed by atoms with Crippen molar-refractivity contribution in [1.82, 2.24) is 4.98 Å². The molecule has 0 amide bonds. The Morgan fingerprint density at radius 3 is 2.90 bits per heavy atom. The van der Waals surface area contributed by atoms with Gasteiger partial charge < -0.3 is 4.98 Å². The van der Waals surface area contributed by atoms with Gasteiger partial charge in [0.15, 0.2) is 0 Å². The molecule has 0 saturated carbocycles. The van der Waals surface area contributed by atoms with Crippen LogP contribution in [0.2, 0.25) is 5.15 Å². The maximum Gasteiger partial charge on any atom is 0.109 e. The Balaban J connectivity index is 2.49. The lowest BCUT2D eigenvalue weighted by Gasteiger charge is -1.94. The van der Waals surface area contributed by atoms with Gasteiger partial charge in [-0.25, -0.2) is 0 Å². The lowest BCUT2D eigenvalue weighted by atomic mass is 10.2. The summed E-state index contributed by atoms with van der Waals surface area (Å²) in [6, 6.07) is 2.04. The van der Waals surface area contributed by atoms with Gasteiger partial charge in [-0.15, -0.1) is 0 Å². The van der Waals surface area contributed by atoms with Crippen LogP contribution in [-0.4, -0.2) is 4.98 Å². The molecule has 0 saturated heterocycles. The molecule has 1 nitrogen and oxygen atoms in total. The first-order valence-electron chi connectivity index (χ1n) is 3.66. The van der Waals surface area contributed by atoms with E-state index in [9.17, 15) is 0 Å². The number of rotatable bonds is 3. The SMILES string of the molecule is CCCCc1cc[nH]c1Cl. The molecule has 0 spiro atoms. The van der Waals surface area contributed by atoms with Crippen molar-refractivity contribution in [2.24, 2.45) is 0 Å². The second-order valence-electron chi connectivity index (χ2n) is 2.42. The van der Waals surface area contributed by atoms with Crippen LogP contribution >= 0.6 is 11.6 Å². The van der Waals surface area contributed by atoms with Crippen molar-refractivity contribution in [3.63, 3.8) is 0 Å². The molecule has 0 bridgehead atoms. The van der Waals surface area contributed by atoms with Gasteiger partial charge in [0.1, 0.15) is 5.15 Å². The predicted octanol–water partition coefficient (Wildman–Crippen LogP) is 3.01. The van der Waals surface area contributed by atoms with Crippen LogP contribution < -0.4 is 0 Å². The third-order valence-electron chi connectivity index (χ3n) is 1.58. The van der Waals surface area contributed by atoms with Gasteiger partial charge in [0.2, 0.25) is 0 Å². The molecule has 0 aromatic carbocycles. The number of aromatic nitrogens is 1. The maximum absolute atomic E-state index is 5.82. The molecule has 1 aromatic rings. The Kier molecular flexibility index (Phi) is 2.82. The van der Waals surface area contributed by atoms with Gasteiger partial charge >= 0.3 is 0 Å². The highest BCUT2D eigenvalue weighted by Gasteiger charge is 1.97. The van der Waals surface area contributed by atoms with Crippen LogP contribution in [0.3, 0.4) is 0 Å². The minimum Gasteiger partial charge on any atom is -0.352 e. The topological polar surface area (TPSA) is 15.8 Å². The first-order chi connectivity index (χ1) is 4.84. The van der Waals surface area contributed by atoms with Crippen molar-refractivity contribution in [3.8, 4) is 0 Å². The fraction of sp³-hybridized carbons (Fsp3) is 0.500. The number of halogens is 1. The number of hydrogen-bond acceptors (Lipinski definition) is 0. The van der Waals surface area contributed by atoms with Crippen LogP contribution in [0.5, 0.6) is 0 Å². The molecular formula is C8H12ClN. The summed E-state index contributed by atoms with van der Waals surface area (Å²) in [4.78, 5) is 2.94. The van der Waals surface area contributed by atoms with Crippen LogP contribution in [0.1, 0.15) is 25.3 Å². The van der Waals surface area contributed by atoms with Crippen molar-refractivity contribution in [2.45, 2.75) is 26.2 Å². The number of aryl methyl sites for hydroxylation is 1. The highest BCUT2D eigenvalue weighted by Crippen LogP contribution is 2.14. The molecule has 0 aliphatic rings. The van der Waals surface area contributed by atoms with Gasteiger partial charge in [0, 0.05) is 6.20 Å². The third kappa shape index (κ3) is 1.77. The second kappa shape index (κ2) is 3.67. The van der Waals surface area contributed by atoms with Crippen LogP contribution in [0.15, 0.2) is 12.3 Å². The molecule has 0 aliphatic heterocycles. The molecule has 1 heterocycles. The van der Waals surface area contributed by atoms with E-state index in [2.05, 4.69) is 11.9 Å². The summed E-state index contributed by atoms with van der Waals surface area (Å²) in [6.45, 7) is 2.18. The van der Waals surface area contributed by atoms with Crippen molar-refractivity contribution >= 4 is 11.6 Å². The van der Waals surface area contributed by atoms with Crippen molar-refractivity contribution in [1.29, 1.82) is 0 Å². The van der Waals surface area contributed by atoms with E-state index in [4.69, 9.17) is 11.6 Å². The Morgan fingerprint density at radius 1 is 1.60 bits per heavy atom. The van der Waals surface area contributed by atoms with E-state index in [1.165, 1.54) is 18.4 Å². The molecule has 0 unspecified atom stereocenters. The van der Waals surface area contributed by atoms with Gasteiger partial charge in [-0.05, 0) is 24.5 Å². The lowest BCUT2D eigenvalue weighted by molar-refractivity contribution is 0.796. The van der Waals surface area contributed by atoms with Gasteiger partial charge in [-0.1, -0.05) is 24.9 Å². The molecule has 1 rings (SSSR count). The van der Waals surface area contributed by atoms with E-state index in [1.54, 1.807) is 0 Å². The summed E-state index contributed by atoms with van der Waals surface area (Å²) in [5.41, 5.74) is 1.24. The Morgan fingerprint density at radius 2 is 2.40 bits per heavy atom. The number of unbranched alkanes of at least 4 members (excludes halogenated alkanes) is 1. The molecule has 0 aliphatic carbocycles. The highest BCUT2D eigenvalue weighted by molar-refractivity contribution is 6.30. The summed E-state index contributed by atoms with van der Waals surface area (Å²) in [5.74, 6) is 0. The molecule has 2 heteroatoms. The molecule has 0 fully saturated rings. The average Bonchev–Trinajstić information content (AvgIpc) is 2.31. The Hall–Kier alpha value is -0.430. The van der Waals surface area contributed by atoms with E-state index in [1.807, 2.05) is 12.3 Å². The van der Waals surface area contributed by atoms with E-state index in [0.29, 0.717) is 0 Å². The number of nitrogens with one attached hydrogen (secondary N) is 1. The fourth-order valence-corrected chi connectivity index (χ4v) is 1.16. The minimum atomic E-state index is 0.799. The molecular weight excluding hydrogens is 146 g/mol. The normalized spacial score (nSPS) is 10.2. The van der Waals surface area contributed by atoms with Crippen LogP contribution in [0, 0.1) is 0 Å². The zero-order valence-electron chi connectivity index (χ0n) is 6.15.